The maximum atomic E-state index is 10.9. The fourth-order valence-corrected chi connectivity index (χ4v) is 7.20. The lowest BCUT2D eigenvalue weighted by molar-refractivity contribution is 0.525. The summed E-state index contributed by atoms with van der Waals surface area (Å²) in [5, 5.41) is 47.1. The maximum absolute atomic E-state index is 10.9. The van der Waals surface area contributed by atoms with Gasteiger partial charge < -0.3 is 9.13 Å². The summed E-state index contributed by atoms with van der Waals surface area (Å²) >= 11 is 0. The van der Waals surface area contributed by atoms with Gasteiger partial charge in [-0.1, -0.05) is 84.9 Å². The molecule has 0 unspecified atom stereocenters. The second-order valence-corrected chi connectivity index (χ2v) is 11.8. The summed E-state index contributed by atoms with van der Waals surface area (Å²) in [7, 11) is 0. The number of fused-ring (bicyclic) bond motifs is 6. The third-order valence-electron chi connectivity index (χ3n) is 9.47. The summed E-state index contributed by atoms with van der Waals surface area (Å²) < 4.78 is 4.26. The molecule has 48 heavy (non-hydrogen) atoms. The van der Waals surface area contributed by atoms with Crippen LogP contribution in [0.2, 0.25) is 0 Å². The first-order valence-corrected chi connectivity index (χ1v) is 15.4. The van der Waals surface area contributed by atoms with Gasteiger partial charge in [-0.05, 0) is 71.8 Å². The van der Waals surface area contributed by atoms with Gasteiger partial charge in [0.25, 0.3) is 0 Å². The average molecular weight is 613 g/mol. The molecule has 0 N–H and O–H groups in total. The van der Waals surface area contributed by atoms with Crippen molar-refractivity contribution in [3.8, 4) is 35.7 Å². The summed E-state index contributed by atoms with van der Waals surface area (Å²) in [4.78, 5) is 0. The summed E-state index contributed by atoms with van der Waals surface area (Å²) in [5.74, 6) is 0. The normalized spacial score (nSPS) is 11.7. The zero-order valence-corrected chi connectivity index (χ0v) is 25.5. The number of aromatic nitrogens is 2. The van der Waals surface area contributed by atoms with Crippen LogP contribution in [0.15, 0.2) is 146 Å². The first-order chi connectivity index (χ1) is 23.6. The van der Waals surface area contributed by atoms with Gasteiger partial charge in [0.2, 0.25) is 10.8 Å². The van der Waals surface area contributed by atoms with Crippen molar-refractivity contribution >= 4 is 43.6 Å². The van der Waals surface area contributed by atoms with Crippen molar-refractivity contribution in [2.45, 2.75) is 10.8 Å². The highest BCUT2D eigenvalue weighted by Crippen LogP contribution is 2.47. The minimum absolute atomic E-state index is 0.283. The number of hydrogen-bond acceptors (Lipinski definition) is 4. The second-order valence-electron chi connectivity index (χ2n) is 11.8. The molecule has 0 saturated carbocycles. The van der Waals surface area contributed by atoms with Crippen molar-refractivity contribution in [1.82, 2.24) is 9.13 Å². The van der Waals surface area contributed by atoms with Gasteiger partial charge in [-0.2, -0.15) is 21.0 Å². The first-order valence-electron chi connectivity index (χ1n) is 15.4. The quantitative estimate of drug-likeness (QED) is 0.193. The van der Waals surface area contributed by atoms with E-state index in [0.29, 0.717) is 0 Å². The fraction of sp³-hybridized carbons (Fsp3) is 0.0476. The van der Waals surface area contributed by atoms with E-state index in [4.69, 9.17) is 0 Å². The van der Waals surface area contributed by atoms with E-state index in [1.807, 2.05) is 121 Å². The smallest absolute Gasteiger partial charge is 0.204 e. The Bertz CT molecular complexity index is 2510. The van der Waals surface area contributed by atoms with Crippen molar-refractivity contribution in [3.63, 3.8) is 0 Å². The SMILES string of the molecule is N#CC(C#N)(c1ccc2c(c1)c1ccccc1n2-c1ccccc1)C(C#N)(C#N)c1ccc2c(c1)c1ccccc1n2-c1ccccc1. The molecule has 0 radical (unpaired) electrons. The Morgan fingerprint density at radius 1 is 0.354 bits per heavy atom. The zero-order chi connectivity index (χ0) is 32.9. The molecule has 0 aliphatic carbocycles. The molecule has 2 aromatic heterocycles. The number of rotatable bonds is 5. The van der Waals surface area contributed by atoms with Crippen LogP contribution in [-0.4, -0.2) is 9.13 Å². The highest BCUT2D eigenvalue weighted by atomic mass is 15.0. The Labute approximate surface area is 276 Å². The summed E-state index contributed by atoms with van der Waals surface area (Å²) in [5.41, 5.74) is 1.86. The van der Waals surface area contributed by atoms with Gasteiger partial charge >= 0.3 is 0 Å². The lowest BCUT2D eigenvalue weighted by Gasteiger charge is -2.32. The van der Waals surface area contributed by atoms with E-state index in [9.17, 15) is 21.0 Å². The van der Waals surface area contributed by atoms with E-state index in [-0.39, 0.29) is 11.1 Å². The molecular weight excluding hydrogens is 589 g/mol. The summed E-state index contributed by atoms with van der Waals surface area (Å²) in [6.45, 7) is 0. The van der Waals surface area contributed by atoms with Crippen LogP contribution in [0.4, 0.5) is 0 Å². The monoisotopic (exact) mass is 612 g/mol. The van der Waals surface area contributed by atoms with Crippen LogP contribution < -0.4 is 0 Å². The van der Waals surface area contributed by atoms with Gasteiger partial charge in [-0.15, -0.1) is 0 Å². The van der Waals surface area contributed by atoms with Crippen LogP contribution in [0, 0.1) is 45.3 Å². The third-order valence-corrected chi connectivity index (χ3v) is 9.47. The van der Waals surface area contributed by atoms with Crippen LogP contribution in [0.25, 0.3) is 55.0 Å². The van der Waals surface area contributed by atoms with Gasteiger partial charge in [-0.25, -0.2) is 0 Å². The molecule has 6 nitrogen and oxygen atoms in total. The predicted octanol–water partition coefficient (Wildman–Crippen LogP) is 9.15. The molecule has 0 bridgehead atoms. The Hall–Kier alpha value is -7.12. The number of nitrogens with zero attached hydrogens (tertiary/aromatic N) is 6. The molecule has 0 amide bonds. The molecule has 8 rings (SSSR count). The van der Waals surface area contributed by atoms with Crippen LogP contribution in [0.1, 0.15) is 11.1 Å². The average Bonchev–Trinajstić information content (AvgIpc) is 3.67. The second kappa shape index (κ2) is 10.8. The molecular formula is C42H24N6. The number of para-hydroxylation sites is 4. The molecule has 0 atom stereocenters. The van der Waals surface area contributed by atoms with Gasteiger partial charge in [-0.3, -0.25) is 0 Å². The Morgan fingerprint density at radius 2 is 0.688 bits per heavy atom. The molecule has 222 valence electrons. The highest BCUT2D eigenvalue weighted by molar-refractivity contribution is 6.10. The van der Waals surface area contributed by atoms with Crippen LogP contribution in [0.3, 0.4) is 0 Å². The molecule has 6 aromatic carbocycles. The standard InChI is InChI=1S/C42H24N6/c43-25-41(26-44,29-19-21-39-35(23-29)33-15-7-9-17-37(33)47(39)31-11-3-1-4-12-31)42(27-45,28-46)30-20-22-40-36(24-30)34-16-8-10-18-38(34)48(40)32-13-5-2-6-14-32/h1-24H. The van der Waals surface area contributed by atoms with Gasteiger partial charge in [0, 0.05) is 32.9 Å². The maximum Gasteiger partial charge on any atom is 0.204 e. The van der Waals surface area contributed by atoms with E-state index < -0.39 is 10.8 Å². The Balaban J connectivity index is 1.38. The molecule has 0 saturated heterocycles. The highest BCUT2D eigenvalue weighted by Gasteiger charge is 2.57. The van der Waals surface area contributed by atoms with Gasteiger partial charge in [0.1, 0.15) is 0 Å². The van der Waals surface area contributed by atoms with Gasteiger partial charge in [0.15, 0.2) is 0 Å². The first kappa shape index (κ1) is 28.4. The molecule has 8 aromatic rings. The Kier molecular flexibility index (Phi) is 6.35. The minimum atomic E-state index is -2.16. The number of nitriles is 4. The summed E-state index contributed by atoms with van der Waals surface area (Å²) in [6.07, 6.45) is 0. The van der Waals surface area contributed by atoms with E-state index in [0.717, 1.165) is 55.0 Å². The molecule has 0 fully saturated rings. The zero-order valence-electron chi connectivity index (χ0n) is 25.5. The van der Waals surface area contributed by atoms with Crippen LogP contribution >= 0.6 is 0 Å². The Morgan fingerprint density at radius 3 is 1.06 bits per heavy atom. The van der Waals surface area contributed by atoms with Crippen molar-refractivity contribution in [2.24, 2.45) is 0 Å². The molecule has 0 spiro atoms. The topological polar surface area (TPSA) is 105 Å². The molecule has 6 heteroatoms. The molecule has 0 aliphatic heterocycles. The van der Waals surface area contributed by atoms with Crippen LogP contribution in [-0.2, 0) is 10.8 Å². The minimum Gasteiger partial charge on any atom is -0.309 e. The number of hydrogen-bond donors (Lipinski definition) is 0. The molecule has 0 aliphatic rings. The lowest BCUT2D eigenvalue weighted by atomic mass is 9.59. The predicted molar refractivity (Wildman–Crippen MR) is 187 cm³/mol. The number of benzene rings is 6. The fourth-order valence-electron chi connectivity index (χ4n) is 7.20. The van der Waals surface area contributed by atoms with Crippen molar-refractivity contribution in [2.75, 3.05) is 0 Å². The van der Waals surface area contributed by atoms with Crippen molar-refractivity contribution in [1.29, 1.82) is 21.0 Å². The van der Waals surface area contributed by atoms with Gasteiger partial charge in [0.05, 0.1) is 46.3 Å². The van der Waals surface area contributed by atoms with E-state index in [1.165, 1.54) is 0 Å². The summed E-state index contributed by atoms with van der Waals surface area (Å²) in [6, 6.07) is 55.2. The van der Waals surface area contributed by atoms with E-state index >= 15 is 0 Å². The van der Waals surface area contributed by atoms with Crippen molar-refractivity contribution < 1.29 is 0 Å². The lowest BCUT2D eigenvalue weighted by Crippen LogP contribution is -2.45. The van der Waals surface area contributed by atoms with Crippen molar-refractivity contribution in [3.05, 3.63) is 157 Å². The largest absolute Gasteiger partial charge is 0.309 e. The third kappa shape index (κ3) is 3.76. The van der Waals surface area contributed by atoms with E-state index in [1.54, 1.807) is 24.3 Å². The molecule has 2 heterocycles. The van der Waals surface area contributed by atoms with E-state index in [2.05, 4.69) is 33.4 Å². The van der Waals surface area contributed by atoms with Crippen LogP contribution in [0.5, 0.6) is 0 Å².